The van der Waals surface area contributed by atoms with Gasteiger partial charge in [0.05, 0.1) is 0 Å². The topological polar surface area (TPSA) is 33.1 Å². The van der Waals surface area contributed by atoms with Gasteiger partial charge < -0.3 is 5.11 Å². The number of benzene rings is 1. The zero-order chi connectivity index (χ0) is 11.8. The van der Waals surface area contributed by atoms with Gasteiger partial charge in [-0.15, -0.1) is 11.3 Å². The number of aryl methyl sites for hydroxylation is 1. The fourth-order valence-electron chi connectivity index (χ4n) is 1.48. The van der Waals surface area contributed by atoms with E-state index in [-0.39, 0.29) is 5.82 Å². The Morgan fingerprint density at radius 3 is 2.75 bits per heavy atom. The van der Waals surface area contributed by atoms with E-state index in [2.05, 4.69) is 4.98 Å². The lowest BCUT2D eigenvalue weighted by atomic mass is 9.95. The highest BCUT2D eigenvalue weighted by molar-refractivity contribution is 7.09. The van der Waals surface area contributed by atoms with Gasteiger partial charge >= 0.3 is 0 Å². The van der Waals surface area contributed by atoms with Crippen LogP contribution >= 0.6 is 11.3 Å². The fraction of sp³-hybridized carbons (Fsp3) is 0.250. The number of nitrogens with zero attached hydrogens (tertiary/aromatic N) is 1. The molecule has 0 saturated heterocycles. The molecule has 2 aromatic rings. The number of hydrogen-bond donors (Lipinski definition) is 1. The smallest absolute Gasteiger partial charge is 0.138 e. The number of halogens is 1. The van der Waals surface area contributed by atoms with Gasteiger partial charge in [0.15, 0.2) is 0 Å². The summed E-state index contributed by atoms with van der Waals surface area (Å²) in [5.41, 5.74) is -0.146. The summed E-state index contributed by atoms with van der Waals surface area (Å²) >= 11 is 1.35. The lowest BCUT2D eigenvalue weighted by molar-refractivity contribution is 0.101. The Balaban J connectivity index is 2.47. The van der Waals surface area contributed by atoms with Gasteiger partial charge in [-0.2, -0.15) is 0 Å². The van der Waals surface area contributed by atoms with Gasteiger partial charge in [-0.3, -0.25) is 0 Å². The first-order chi connectivity index (χ1) is 7.51. The van der Waals surface area contributed by atoms with E-state index in [0.29, 0.717) is 16.1 Å². The summed E-state index contributed by atoms with van der Waals surface area (Å²) in [6.07, 6.45) is 1.62. The molecule has 1 aromatic heterocycles. The van der Waals surface area contributed by atoms with Crippen molar-refractivity contribution in [3.8, 4) is 0 Å². The summed E-state index contributed by atoms with van der Waals surface area (Å²) in [4.78, 5) is 4.06. The molecule has 4 heteroatoms. The van der Waals surface area contributed by atoms with E-state index in [0.717, 1.165) is 0 Å². The highest BCUT2D eigenvalue weighted by atomic mass is 32.1. The molecule has 1 N–H and O–H groups in total. The van der Waals surface area contributed by atoms with Crippen LogP contribution in [0.2, 0.25) is 0 Å². The maximum absolute atomic E-state index is 13.4. The third-order valence-corrected chi connectivity index (χ3v) is 3.57. The summed E-state index contributed by atoms with van der Waals surface area (Å²) in [6.45, 7) is 3.31. The largest absolute Gasteiger partial charge is 0.378 e. The molecule has 0 spiro atoms. The van der Waals surface area contributed by atoms with Crippen molar-refractivity contribution in [1.29, 1.82) is 0 Å². The molecular weight excluding hydrogens is 225 g/mol. The van der Waals surface area contributed by atoms with Crippen molar-refractivity contribution in [2.75, 3.05) is 0 Å². The molecule has 2 nitrogen and oxygen atoms in total. The Morgan fingerprint density at radius 1 is 1.44 bits per heavy atom. The van der Waals surface area contributed by atoms with Crippen LogP contribution in [-0.2, 0) is 5.60 Å². The van der Waals surface area contributed by atoms with Crippen molar-refractivity contribution in [2.45, 2.75) is 19.4 Å². The number of hydrogen-bond acceptors (Lipinski definition) is 3. The second kappa shape index (κ2) is 3.96. The van der Waals surface area contributed by atoms with Gasteiger partial charge in [-0.25, -0.2) is 9.37 Å². The molecule has 0 aliphatic rings. The average Bonchev–Trinajstić information content (AvgIpc) is 2.75. The van der Waals surface area contributed by atoms with Crippen molar-refractivity contribution < 1.29 is 9.50 Å². The molecule has 0 saturated carbocycles. The average molecular weight is 237 g/mol. The summed E-state index contributed by atoms with van der Waals surface area (Å²) in [6, 6.07) is 4.74. The van der Waals surface area contributed by atoms with E-state index >= 15 is 0 Å². The SMILES string of the molecule is Cc1ccc(C(C)(O)c2nccs2)cc1F. The summed E-state index contributed by atoms with van der Waals surface area (Å²) in [5.74, 6) is -0.311. The van der Waals surface area contributed by atoms with Gasteiger partial charge in [-0.1, -0.05) is 12.1 Å². The quantitative estimate of drug-likeness (QED) is 0.871. The van der Waals surface area contributed by atoms with Crippen LogP contribution in [0.15, 0.2) is 29.8 Å². The molecule has 84 valence electrons. The third-order valence-electron chi connectivity index (χ3n) is 2.58. The normalized spacial score (nSPS) is 14.8. The van der Waals surface area contributed by atoms with E-state index in [1.807, 2.05) is 0 Å². The van der Waals surface area contributed by atoms with Crippen LogP contribution in [0.25, 0.3) is 0 Å². The molecular formula is C12H12FNOS. The molecule has 2 rings (SSSR count). The van der Waals surface area contributed by atoms with Crippen LogP contribution in [-0.4, -0.2) is 10.1 Å². The number of aromatic nitrogens is 1. The lowest BCUT2D eigenvalue weighted by Gasteiger charge is -2.21. The van der Waals surface area contributed by atoms with Gasteiger partial charge in [0.2, 0.25) is 0 Å². The minimum atomic E-state index is -1.23. The predicted octanol–water partition coefficient (Wildman–Crippen LogP) is 2.85. The van der Waals surface area contributed by atoms with Crippen molar-refractivity contribution >= 4 is 11.3 Å². The maximum Gasteiger partial charge on any atom is 0.138 e. The van der Waals surface area contributed by atoms with Crippen LogP contribution < -0.4 is 0 Å². The Labute approximate surface area is 97.4 Å². The third kappa shape index (κ3) is 1.86. The van der Waals surface area contributed by atoms with E-state index < -0.39 is 5.60 Å². The highest BCUT2D eigenvalue weighted by Crippen LogP contribution is 2.31. The fourth-order valence-corrected chi connectivity index (χ4v) is 2.20. The summed E-state index contributed by atoms with van der Waals surface area (Å²) in [7, 11) is 0. The predicted molar refractivity (Wildman–Crippen MR) is 61.9 cm³/mol. The number of aliphatic hydroxyl groups is 1. The monoisotopic (exact) mass is 237 g/mol. The van der Waals surface area contributed by atoms with Crippen LogP contribution in [0.1, 0.15) is 23.1 Å². The standard InChI is InChI=1S/C12H12FNOS/c1-8-3-4-9(7-10(8)13)12(2,15)11-14-5-6-16-11/h3-7,15H,1-2H3. The summed E-state index contributed by atoms with van der Waals surface area (Å²) in [5, 5.41) is 12.7. The van der Waals surface area contributed by atoms with E-state index in [4.69, 9.17) is 0 Å². The minimum Gasteiger partial charge on any atom is -0.378 e. The zero-order valence-electron chi connectivity index (χ0n) is 9.07. The molecule has 0 aliphatic heterocycles. The Hall–Kier alpha value is -1.26. The molecule has 1 aromatic carbocycles. The van der Waals surface area contributed by atoms with Crippen LogP contribution in [0, 0.1) is 12.7 Å². The van der Waals surface area contributed by atoms with Crippen molar-refractivity contribution in [2.24, 2.45) is 0 Å². The molecule has 0 bridgehead atoms. The van der Waals surface area contributed by atoms with Gasteiger partial charge in [0.1, 0.15) is 16.4 Å². The van der Waals surface area contributed by atoms with E-state index in [1.165, 1.54) is 17.4 Å². The number of thiazole rings is 1. The molecule has 1 atom stereocenters. The van der Waals surface area contributed by atoms with Gasteiger partial charge in [0.25, 0.3) is 0 Å². The second-order valence-corrected chi connectivity index (χ2v) is 4.77. The van der Waals surface area contributed by atoms with Gasteiger partial charge in [0, 0.05) is 11.6 Å². The molecule has 0 amide bonds. The van der Waals surface area contributed by atoms with Crippen LogP contribution in [0.5, 0.6) is 0 Å². The van der Waals surface area contributed by atoms with Crippen LogP contribution in [0.4, 0.5) is 4.39 Å². The van der Waals surface area contributed by atoms with E-state index in [9.17, 15) is 9.50 Å². The maximum atomic E-state index is 13.4. The van der Waals surface area contributed by atoms with Crippen LogP contribution in [0.3, 0.4) is 0 Å². The first kappa shape index (κ1) is 11.2. The van der Waals surface area contributed by atoms with Gasteiger partial charge in [-0.05, 0) is 31.0 Å². The minimum absolute atomic E-state index is 0.311. The summed E-state index contributed by atoms with van der Waals surface area (Å²) < 4.78 is 13.4. The van der Waals surface area contributed by atoms with Crippen molar-refractivity contribution in [3.63, 3.8) is 0 Å². The molecule has 16 heavy (non-hydrogen) atoms. The second-order valence-electron chi connectivity index (χ2n) is 3.87. The van der Waals surface area contributed by atoms with Crippen molar-refractivity contribution in [3.05, 3.63) is 51.7 Å². The lowest BCUT2D eigenvalue weighted by Crippen LogP contribution is -2.22. The molecule has 0 fully saturated rings. The molecule has 0 radical (unpaired) electrons. The first-order valence-corrected chi connectivity index (χ1v) is 5.79. The molecule has 1 unspecified atom stereocenters. The Morgan fingerprint density at radius 2 is 2.19 bits per heavy atom. The molecule has 1 heterocycles. The van der Waals surface area contributed by atoms with E-state index in [1.54, 1.807) is 37.6 Å². The Kier molecular flexibility index (Phi) is 2.78. The first-order valence-electron chi connectivity index (χ1n) is 4.91. The Bertz CT molecular complexity index is 494. The highest BCUT2D eigenvalue weighted by Gasteiger charge is 2.28. The molecule has 0 aliphatic carbocycles. The number of rotatable bonds is 2. The van der Waals surface area contributed by atoms with Crippen molar-refractivity contribution in [1.82, 2.24) is 4.98 Å². The zero-order valence-corrected chi connectivity index (χ0v) is 9.88.